The molecule has 0 fully saturated rings. The van der Waals surface area contributed by atoms with E-state index in [0.29, 0.717) is 16.4 Å². The van der Waals surface area contributed by atoms with Crippen LogP contribution in [-0.4, -0.2) is 9.55 Å². The summed E-state index contributed by atoms with van der Waals surface area (Å²) in [6.45, 7) is 0. The highest BCUT2D eigenvalue weighted by Crippen LogP contribution is 2.21. The summed E-state index contributed by atoms with van der Waals surface area (Å²) >= 11 is 5.93. The lowest BCUT2D eigenvalue weighted by Crippen LogP contribution is -2.14. The maximum absolute atomic E-state index is 11.3. The van der Waals surface area contributed by atoms with Crippen molar-refractivity contribution in [1.29, 1.82) is 0 Å². The number of imidazole rings is 1. The normalized spacial score (nSPS) is 10.4. The summed E-state index contributed by atoms with van der Waals surface area (Å²) in [6.07, 6.45) is 3.14. The molecule has 1 aromatic carbocycles. The fourth-order valence-corrected chi connectivity index (χ4v) is 1.43. The number of aromatic nitrogens is 2. The summed E-state index contributed by atoms with van der Waals surface area (Å²) in [5, 5.41) is 0.487. The Morgan fingerprint density at radius 3 is 2.86 bits per heavy atom. The van der Waals surface area contributed by atoms with Crippen LogP contribution in [0.15, 0.2) is 35.4 Å². The largest absolute Gasteiger partial charge is 0.399 e. The molecular weight excluding hydrogens is 202 g/mol. The fraction of sp³-hybridized carbons (Fsp3) is 0. The van der Waals surface area contributed by atoms with Gasteiger partial charge in [0.15, 0.2) is 0 Å². The first-order valence-electron chi connectivity index (χ1n) is 4.00. The standard InChI is InChI=1S/C9H8ClN3O/c10-7-2-1-6(11)5-8(7)13-4-3-12-9(13)14/h1-5H,11H2,(H,12,14). The van der Waals surface area contributed by atoms with Crippen LogP contribution in [0.1, 0.15) is 0 Å². The second kappa shape index (κ2) is 3.23. The van der Waals surface area contributed by atoms with Gasteiger partial charge in [-0.3, -0.25) is 4.57 Å². The van der Waals surface area contributed by atoms with Gasteiger partial charge in [0.05, 0.1) is 10.7 Å². The van der Waals surface area contributed by atoms with Gasteiger partial charge in [-0.05, 0) is 18.2 Å². The van der Waals surface area contributed by atoms with E-state index in [4.69, 9.17) is 17.3 Å². The molecule has 3 N–H and O–H groups in total. The quantitative estimate of drug-likeness (QED) is 0.698. The molecule has 0 saturated heterocycles. The maximum Gasteiger partial charge on any atom is 0.330 e. The molecule has 2 rings (SSSR count). The summed E-state index contributed by atoms with van der Waals surface area (Å²) in [7, 11) is 0. The van der Waals surface area contributed by atoms with Crippen molar-refractivity contribution in [2.45, 2.75) is 0 Å². The van der Waals surface area contributed by atoms with Crippen LogP contribution in [0.25, 0.3) is 5.69 Å². The Labute approximate surface area is 84.9 Å². The second-order valence-corrected chi connectivity index (χ2v) is 3.25. The molecule has 0 radical (unpaired) electrons. The Balaban J connectivity index is 2.68. The van der Waals surface area contributed by atoms with Gasteiger partial charge in [0.1, 0.15) is 0 Å². The number of nitrogens with one attached hydrogen (secondary N) is 1. The average Bonchev–Trinajstić information content (AvgIpc) is 2.56. The molecule has 14 heavy (non-hydrogen) atoms. The number of anilines is 1. The molecule has 0 bridgehead atoms. The number of hydrogen-bond acceptors (Lipinski definition) is 2. The van der Waals surface area contributed by atoms with Gasteiger partial charge in [-0.25, -0.2) is 4.79 Å². The van der Waals surface area contributed by atoms with Crippen molar-refractivity contribution in [1.82, 2.24) is 9.55 Å². The van der Waals surface area contributed by atoms with Gasteiger partial charge in [-0.2, -0.15) is 0 Å². The Kier molecular flexibility index (Phi) is 2.05. The number of halogens is 1. The minimum atomic E-state index is -0.238. The molecule has 5 heteroatoms. The number of benzene rings is 1. The predicted molar refractivity (Wildman–Crippen MR) is 55.8 cm³/mol. The lowest BCUT2D eigenvalue weighted by atomic mass is 10.3. The second-order valence-electron chi connectivity index (χ2n) is 2.85. The number of rotatable bonds is 1. The lowest BCUT2D eigenvalue weighted by molar-refractivity contribution is 0.988. The third-order valence-electron chi connectivity index (χ3n) is 1.88. The van der Waals surface area contributed by atoms with Crippen LogP contribution >= 0.6 is 11.6 Å². The lowest BCUT2D eigenvalue weighted by Gasteiger charge is -2.04. The van der Waals surface area contributed by atoms with Gasteiger partial charge >= 0.3 is 5.69 Å². The van der Waals surface area contributed by atoms with Crippen molar-refractivity contribution in [2.75, 3.05) is 5.73 Å². The summed E-state index contributed by atoms with van der Waals surface area (Å²) in [4.78, 5) is 13.8. The van der Waals surface area contributed by atoms with E-state index in [1.165, 1.54) is 4.57 Å². The van der Waals surface area contributed by atoms with E-state index >= 15 is 0 Å². The van der Waals surface area contributed by atoms with E-state index in [2.05, 4.69) is 4.98 Å². The first-order chi connectivity index (χ1) is 6.68. The summed E-state index contributed by atoms with van der Waals surface area (Å²) in [5.74, 6) is 0. The van der Waals surface area contributed by atoms with Gasteiger partial charge in [0.2, 0.25) is 0 Å². The molecule has 0 unspecified atom stereocenters. The van der Waals surface area contributed by atoms with Crippen molar-refractivity contribution >= 4 is 17.3 Å². The van der Waals surface area contributed by atoms with Crippen LogP contribution < -0.4 is 11.4 Å². The molecule has 0 aliphatic carbocycles. The number of nitrogens with zero attached hydrogens (tertiary/aromatic N) is 1. The van der Waals surface area contributed by atoms with Gasteiger partial charge in [-0.15, -0.1) is 0 Å². The zero-order chi connectivity index (χ0) is 10.1. The highest BCUT2D eigenvalue weighted by Gasteiger charge is 2.04. The topological polar surface area (TPSA) is 63.8 Å². The zero-order valence-corrected chi connectivity index (χ0v) is 7.95. The molecule has 72 valence electrons. The van der Waals surface area contributed by atoms with Crippen molar-refractivity contribution in [3.05, 3.63) is 46.1 Å². The molecule has 0 amide bonds. The van der Waals surface area contributed by atoms with Crippen LogP contribution in [0.4, 0.5) is 5.69 Å². The Hall–Kier alpha value is -1.68. The van der Waals surface area contributed by atoms with Crippen LogP contribution in [0.3, 0.4) is 0 Å². The Morgan fingerprint density at radius 2 is 2.21 bits per heavy atom. The third kappa shape index (κ3) is 1.40. The van der Waals surface area contributed by atoms with Gasteiger partial charge < -0.3 is 10.7 Å². The molecule has 0 spiro atoms. The summed E-state index contributed by atoms with van der Waals surface area (Å²) in [6, 6.07) is 4.99. The number of H-pyrrole nitrogens is 1. The average molecular weight is 210 g/mol. The first-order valence-corrected chi connectivity index (χ1v) is 4.38. The molecule has 1 heterocycles. The van der Waals surface area contributed by atoms with E-state index in [1.807, 2.05) is 0 Å². The van der Waals surface area contributed by atoms with Crippen molar-refractivity contribution in [2.24, 2.45) is 0 Å². The number of aromatic amines is 1. The highest BCUT2D eigenvalue weighted by atomic mass is 35.5. The van der Waals surface area contributed by atoms with E-state index in [9.17, 15) is 4.79 Å². The molecule has 0 atom stereocenters. The first kappa shape index (κ1) is 8.90. The molecule has 0 saturated carbocycles. The monoisotopic (exact) mass is 209 g/mol. The molecule has 4 nitrogen and oxygen atoms in total. The molecule has 0 aliphatic heterocycles. The summed E-state index contributed by atoms with van der Waals surface area (Å²) < 4.78 is 1.40. The molecule has 1 aromatic heterocycles. The smallest absolute Gasteiger partial charge is 0.330 e. The highest BCUT2D eigenvalue weighted by molar-refractivity contribution is 6.32. The maximum atomic E-state index is 11.3. The Morgan fingerprint density at radius 1 is 1.43 bits per heavy atom. The van der Waals surface area contributed by atoms with Crippen LogP contribution in [0.2, 0.25) is 5.02 Å². The molecule has 2 aromatic rings. The third-order valence-corrected chi connectivity index (χ3v) is 2.20. The van der Waals surface area contributed by atoms with E-state index in [-0.39, 0.29) is 5.69 Å². The minimum absolute atomic E-state index is 0.238. The SMILES string of the molecule is Nc1ccc(Cl)c(-n2cc[nH]c2=O)c1. The molecular formula is C9H8ClN3O. The fourth-order valence-electron chi connectivity index (χ4n) is 1.22. The molecule has 0 aliphatic rings. The van der Waals surface area contributed by atoms with Gasteiger partial charge in [0.25, 0.3) is 0 Å². The summed E-state index contributed by atoms with van der Waals surface area (Å²) in [5.41, 5.74) is 6.51. The Bertz CT molecular complexity index is 515. The van der Waals surface area contributed by atoms with E-state index in [1.54, 1.807) is 30.6 Å². The number of hydrogen-bond donors (Lipinski definition) is 2. The van der Waals surface area contributed by atoms with Crippen LogP contribution in [0.5, 0.6) is 0 Å². The predicted octanol–water partition coefficient (Wildman–Crippen LogP) is 1.40. The van der Waals surface area contributed by atoms with Gasteiger partial charge in [0, 0.05) is 18.1 Å². The van der Waals surface area contributed by atoms with Gasteiger partial charge in [-0.1, -0.05) is 11.6 Å². The van der Waals surface area contributed by atoms with Crippen molar-refractivity contribution < 1.29 is 0 Å². The van der Waals surface area contributed by atoms with E-state index < -0.39 is 0 Å². The van der Waals surface area contributed by atoms with Crippen molar-refractivity contribution in [3.8, 4) is 5.69 Å². The number of nitrogen functional groups attached to an aromatic ring is 1. The minimum Gasteiger partial charge on any atom is -0.399 e. The number of nitrogens with two attached hydrogens (primary N) is 1. The van der Waals surface area contributed by atoms with E-state index in [0.717, 1.165) is 0 Å². The van der Waals surface area contributed by atoms with Crippen molar-refractivity contribution in [3.63, 3.8) is 0 Å². The van der Waals surface area contributed by atoms with Crippen LogP contribution in [-0.2, 0) is 0 Å². The van der Waals surface area contributed by atoms with Crippen LogP contribution in [0, 0.1) is 0 Å². The zero-order valence-electron chi connectivity index (χ0n) is 7.20.